The minimum atomic E-state index is -2.14. The predicted molar refractivity (Wildman–Crippen MR) is 112 cm³/mol. The van der Waals surface area contributed by atoms with Gasteiger partial charge in [-0.3, -0.25) is 0 Å². The summed E-state index contributed by atoms with van der Waals surface area (Å²) >= 11 is 0. The van der Waals surface area contributed by atoms with E-state index in [0.29, 0.717) is 11.1 Å². The van der Waals surface area contributed by atoms with E-state index in [2.05, 4.69) is 62.1 Å². The Kier molecular flexibility index (Phi) is 14.2. The monoisotopic (exact) mass is 600 g/mol. The van der Waals surface area contributed by atoms with Gasteiger partial charge < -0.3 is 25.0 Å². The van der Waals surface area contributed by atoms with Gasteiger partial charge in [0.15, 0.2) is 16.6 Å². The van der Waals surface area contributed by atoms with E-state index in [9.17, 15) is 0 Å². The van der Waals surface area contributed by atoms with Crippen LogP contribution in [0.15, 0.2) is 12.2 Å². The Morgan fingerprint density at radius 3 is 2.00 bits per heavy atom. The molecule has 0 amide bonds. The zero-order valence-corrected chi connectivity index (χ0v) is 22.9. The second-order valence-corrected chi connectivity index (χ2v) is 20.8. The first-order valence-corrected chi connectivity index (χ1v) is 17.7. The molecule has 0 aromatic heterocycles. The molecule has 2 aliphatic rings. The minimum absolute atomic E-state index is 0. The molecule has 2 aliphatic heterocycles. The second kappa shape index (κ2) is 12.4. The molecule has 162 valence electrons. The Labute approximate surface area is 195 Å². The molecule has 5 nitrogen and oxygen atoms in total. The molecule has 2 N–H and O–H groups in total. The number of nitrogens with two attached hydrogens (primary N) is 1. The summed E-state index contributed by atoms with van der Waals surface area (Å²) in [6, 6.07) is 0. The zero-order valence-electron chi connectivity index (χ0n) is 16.9. The van der Waals surface area contributed by atoms with Gasteiger partial charge in [0.2, 0.25) is 0 Å². The van der Waals surface area contributed by atoms with Gasteiger partial charge in [-0.2, -0.15) is 0 Å². The maximum absolute atomic E-state index is 6.77. The molecule has 0 spiro atoms. The van der Waals surface area contributed by atoms with Crippen molar-refractivity contribution in [2.45, 2.75) is 63.2 Å². The van der Waals surface area contributed by atoms with Crippen LogP contribution in [-0.4, -0.2) is 51.4 Å². The standard InChI is InChI=1S/C16H34N2O2Si3.2Ag.H2N/c1-21(2,15-9-7-11-17-13-15)19-23(5,6)20-22(3,4)16-10-8-12-18-14-16;;;/h7,9,15-16H,8,10-14H2,1-6H3;;;1H2/q-2;2*+1;-1. The average molecular weight is 602 g/mol. The predicted octanol–water partition coefficient (Wildman–Crippen LogP) is 5.70. The summed E-state index contributed by atoms with van der Waals surface area (Å²) in [4.78, 5) is 0. The molecule has 2 rings (SSSR count). The molecule has 0 radical (unpaired) electrons. The summed E-state index contributed by atoms with van der Waals surface area (Å²) in [5.41, 5.74) is 1.14. The molecule has 0 bridgehead atoms. The van der Waals surface area contributed by atoms with Crippen LogP contribution in [0.2, 0.25) is 50.4 Å². The van der Waals surface area contributed by atoms with Gasteiger partial charge in [0, 0.05) is 0 Å². The quantitative estimate of drug-likeness (QED) is 0.289. The van der Waals surface area contributed by atoms with Crippen molar-refractivity contribution in [3.8, 4) is 0 Å². The number of hydrogen-bond acceptors (Lipinski definition) is 2. The van der Waals surface area contributed by atoms with Crippen LogP contribution in [-0.2, 0) is 53.0 Å². The third-order valence-electron chi connectivity index (χ3n) is 5.04. The molecule has 2 unspecified atom stereocenters. The van der Waals surface area contributed by atoms with E-state index in [1.807, 2.05) is 0 Å². The van der Waals surface area contributed by atoms with E-state index in [1.54, 1.807) is 0 Å². The van der Waals surface area contributed by atoms with Crippen LogP contribution in [0.1, 0.15) is 12.8 Å². The summed E-state index contributed by atoms with van der Waals surface area (Å²) in [7, 11) is -5.73. The van der Waals surface area contributed by atoms with Crippen molar-refractivity contribution in [2.24, 2.45) is 0 Å². The largest absolute Gasteiger partial charge is 1.00 e. The fraction of sp³-hybridized carbons (Fsp3) is 0.875. The van der Waals surface area contributed by atoms with Gasteiger partial charge in [-0.15, -0.1) is 32.3 Å². The Hall–Kier alpha value is 1.67. The smallest absolute Gasteiger partial charge is 0.693 e. The maximum atomic E-state index is 6.77. The molecule has 26 heavy (non-hydrogen) atoms. The van der Waals surface area contributed by atoms with E-state index < -0.39 is 25.2 Å². The van der Waals surface area contributed by atoms with Crippen LogP contribution >= 0.6 is 0 Å². The molecular weight excluding hydrogens is 566 g/mol. The molecule has 0 aromatic rings. The normalized spacial score (nSPS) is 24.1. The topological polar surface area (TPSA) is 80.2 Å². The van der Waals surface area contributed by atoms with Crippen molar-refractivity contribution in [1.82, 2.24) is 0 Å². The molecule has 2 atom stereocenters. The van der Waals surface area contributed by atoms with E-state index in [0.717, 1.165) is 26.2 Å². The Bertz CT molecular complexity index is 435. The van der Waals surface area contributed by atoms with Crippen molar-refractivity contribution in [2.75, 3.05) is 26.2 Å². The van der Waals surface area contributed by atoms with Crippen LogP contribution in [0.25, 0.3) is 16.8 Å². The number of piperidine rings is 1. The van der Waals surface area contributed by atoms with Crippen molar-refractivity contribution in [3.63, 3.8) is 0 Å². The fourth-order valence-electron chi connectivity index (χ4n) is 3.83. The fourth-order valence-corrected chi connectivity index (χ4v) is 18.4. The third kappa shape index (κ3) is 9.00. The summed E-state index contributed by atoms with van der Waals surface area (Å²) in [5.74, 6) is 0. The SMILES string of the molecule is C[Si](C)(O[Si](C)(C)C1C=CC[N-]C1)O[Si](C)(C)C1CCC[N-]C1.[Ag+].[Ag+].[NH2-]. The first-order chi connectivity index (χ1) is 10.6. The third-order valence-corrected chi connectivity index (χ3v) is 17.8. The van der Waals surface area contributed by atoms with Crippen molar-refractivity contribution < 1.29 is 53.0 Å². The molecular formula is C16H36Ag2N3O2Si3-. The van der Waals surface area contributed by atoms with Crippen LogP contribution in [0.5, 0.6) is 0 Å². The Balaban J connectivity index is 0. The Morgan fingerprint density at radius 1 is 0.885 bits per heavy atom. The summed E-state index contributed by atoms with van der Waals surface area (Å²) in [6.07, 6.45) is 7.01. The molecule has 10 heteroatoms. The van der Waals surface area contributed by atoms with E-state index in [1.165, 1.54) is 12.8 Å². The van der Waals surface area contributed by atoms with Crippen LogP contribution in [0, 0.1) is 0 Å². The van der Waals surface area contributed by atoms with E-state index >= 15 is 0 Å². The van der Waals surface area contributed by atoms with E-state index in [-0.39, 0.29) is 50.9 Å². The van der Waals surface area contributed by atoms with Crippen LogP contribution < -0.4 is 0 Å². The van der Waals surface area contributed by atoms with Crippen LogP contribution in [0.4, 0.5) is 0 Å². The van der Waals surface area contributed by atoms with Gasteiger partial charge in [0.1, 0.15) is 0 Å². The van der Waals surface area contributed by atoms with Gasteiger partial charge in [-0.05, 0) is 50.4 Å². The second-order valence-electron chi connectivity index (χ2n) is 8.40. The number of rotatable bonds is 6. The zero-order chi connectivity index (χ0) is 17.1. The van der Waals surface area contributed by atoms with Crippen molar-refractivity contribution >= 4 is 25.2 Å². The minimum Gasteiger partial charge on any atom is -0.693 e. The molecule has 0 saturated carbocycles. The van der Waals surface area contributed by atoms with Gasteiger partial charge >= 0.3 is 53.3 Å². The van der Waals surface area contributed by atoms with Crippen molar-refractivity contribution in [3.05, 3.63) is 28.9 Å². The number of nitrogens with zero attached hydrogens (tertiary/aromatic N) is 2. The van der Waals surface area contributed by atoms with Gasteiger partial charge in [-0.25, -0.2) is 0 Å². The van der Waals surface area contributed by atoms with Crippen LogP contribution in [0.3, 0.4) is 0 Å². The van der Waals surface area contributed by atoms with Gasteiger partial charge in [0.25, 0.3) is 0 Å². The first kappa shape index (κ1) is 29.9. The summed E-state index contributed by atoms with van der Waals surface area (Å²) in [6.45, 7) is 17.7. The summed E-state index contributed by atoms with van der Waals surface area (Å²) in [5, 5.41) is 9.16. The van der Waals surface area contributed by atoms with Crippen molar-refractivity contribution in [1.29, 1.82) is 0 Å². The molecule has 1 saturated heterocycles. The van der Waals surface area contributed by atoms with E-state index in [4.69, 9.17) is 8.23 Å². The maximum Gasteiger partial charge on any atom is 1.00 e. The Morgan fingerprint density at radius 2 is 1.50 bits per heavy atom. The average Bonchev–Trinajstić information content (AvgIpc) is 2.47. The molecule has 2 heterocycles. The first-order valence-electron chi connectivity index (χ1n) is 8.96. The molecule has 0 aliphatic carbocycles. The number of hydrogen-bond donors (Lipinski definition) is 0. The molecule has 1 fully saturated rings. The van der Waals surface area contributed by atoms with Gasteiger partial charge in [-0.1, -0.05) is 18.9 Å². The molecule has 0 aromatic carbocycles. The summed E-state index contributed by atoms with van der Waals surface area (Å²) < 4.78 is 13.5. The van der Waals surface area contributed by atoms with Gasteiger partial charge in [0.05, 0.1) is 0 Å².